The van der Waals surface area contributed by atoms with E-state index in [0.717, 1.165) is 21.7 Å². The van der Waals surface area contributed by atoms with Crippen LogP contribution in [0.3, 0.4) is 0 Å². The molecule has 4 rings (SSSR count). The molecular weight excluding hydrogens is 380 g/mol. The highest BCUT2D eigenvalue weighted by Gasteiger charge is 2.20. The van der Waals surface area contributed by atoms with E-state index in [1.165, 1.54) is 25.7 Å². The summed E-state index contributed by atoms with van der Waals surface area (Å²) in [6.07, 6.45) is 5.13. The van der Waals surface area contributed by atoms with Gasteiger partial charge in [-0.15, -0.1) is 0 Å². The molecule has 2 aliphatic carbocycles. The fourth-order valence-corrected chi connectivity index (χ4v) is 2.24. The van der Waals surface area contributed by atoms with Crippen LogP contribution < -0.4 is 20.5 Å². The Morgan fingerprint density at radius 3 is 1.92 bits per heavy atom. The van der Waals surface area contributed by atoms with Gasteiger partial charge in [0.25, 0.3) is 0 Å². The SMILES string of the molecule is COc1cccc(Br)c1.COc1cccc(NC2CC2)c1.NC1CC1. The van der Waals surface area contributed by atoms with E-state index in [-0.39, 0.29) is 0 Å². The van der Waals surface area contributed by atoms with E-state index in [1.807, 2.05) is 42.5 Å². The molecule has 136 valence electrons. The van der Waals surface area contributed by atoms with Crippen LogP contribution >= 0.6 is 15.9 Å². The summed E-state index contributed by atoms with van der Waals surface area (Å²) in [5.41, 5.74) is 6.39. The molecule has 0 spiro atoms. The predicted molar refractivity (Wildman–Crippen MR) is 108 cm³/mol. The maximum absolute atomic E-state index is 5.22. The van der Waals surface area contributed by atoms with Crippen LogP contribution in [-0.2, 0) is 0 Å². The molecule has 4 nitrogen and oxygen atoms in total. The van der Waals surface area contributed by atoms with Crippen molar-refractivity contribution >= 4 is 21.6 Å². The first kappa shape index (κ1) is 19.6. The molecule has 0 heterocycles. The minimum Gasteiger partial charge on any atom is -0.497 e. The van der Waals surface area contributed by atoms with Crippen molar-refractivity contribution in [3.8, 4) is 11.5 Å². The normalized spacial score (nSPS) is 15.0. The molecule has 0 unspecified atom stereocenters. The van der Waals surface area contributed by atoms with E-state index in [9.17, 15) is 0 Å². The summed E-state index contributed by atoms with van der Waals surface area (Å²) in [6, 6.07) is 17.1. The van der Waals surface area contributed by atoms with Crippen molar-refractivity contribution in [1.29, 1.82) is 0 Å². The Morgan fingerprint density at radius 1 is 0.920 bits per heavy atom. The van der Waals surface area contributed by atoms with E-state index < -0.39 is 0 Å². The highest BCUT2D eigenvalue weighted by atomic mass is 79.9. The number of nitrogens with two attached hydrogens (primary N) is 1. The standard InChI is InChI=1S/C10H13NO.C7H7BrO.C3H7N/c1-12-10-4-2-3-9(7-10)11-8-5-6-8;1-9-7-4-2-3-6(8)5-7;4-3-1-2-3/h2-4,7-8,11H,5-6H2,1H3;2-5H,1H3;3H,1-2,4H2. The Balaban J connectivity index is 0.000000152. The molecule has 0 amide bonds. The van der Waals surface area contributed by atoms with Gasteiger partial charge in [-0.05, 0) is 56.0 Å². The molecule has 25 heavy (non-hydrogen) atoms. The maximum atomic E-state index is 5.22. The van der Waals surface area contributed by atoms with Gasteiger partial charge in [0.1, 0.15) is 11.5 Å². The zero-order valence-corrected chi connectivity index (χ0v) is 16.5. The molecular formula is C20H27BrN2O2. The molecule has 0 saturated heterocycles. The average Bonchev–Trinajstić information content (AvgIpc) is 3.55. The number of rotatable bonds is 4. The first-order valence-corrected chi connectivity index (χ1v) is 9.35. The number of hydrogen-bond acceptors (Lipinski definition) is 4. The minimum absolute atomic E-state index is 0.583. The fraction of sp³-hybridized carbons (Fsp3) is 0.400. The lowest BCUT2D eigenvalue weighted by molar-refractivity contribution is 0.414. The summed E-state index contributed by atoms with van der Waals surface area (Å²) < 4.78 is 11.1. The van der Waals surface area contributed by atoms with Crippen LogP contribution in [0.1, 0.15) is 25.7 Å². The van der Waals surface area contributed by atoms with Gasteiger partial charge in [-0.2, -0.15) is 0 Å². The molecule has 3 N–H and O–H groups in total. The first-order chi connectivity index (χ1) is 12.1. The number of nitrogens with one attached hydrogen (secondary N) is 1. The number of anilines is 1. The Bertz CT molecular complexity index is 643. The Kier molecular flexibility index (Phi) is 8.09. The minimum atomic E-state index is 0.583. The van der Waals surface area contributed by atoms with Crippen molar-refractivity contribution < 1.29 is 9.47 Å². The molecule has 2 aromatic rings. The van der Waals surface area contributed by atoms with E-state index in [1.54, 1.807) is 14.2 Å². The molecule has 2 aliphatic rings. The van der Waals surface area contributed by atoms with Gasteiger partial charge in [-0.3, -0.25) is 0 Å². The van der Waals surface area contributed by atoms with Gasteiger partial charge in [-0.25, -0.2) is 0 Å². The first-order valence-electron chi connectivity index (χ1n) is 8.56. The lowest BCUT2D eigenvalue weighted by Gasteiger charge is -2.05. The predicted octanol–water partition coefficient (Wildman–Crippen LogP) is 4.83. The van der Waals surface area contributed by atoms with Crippen molar-refractivity contribution in [1.82, 2.24) is 0 Å². The summed E-state index contributed by atoms with van der Waals surface area (Å²) in [6.45, 7) is 0. The number of benzene rings is 2. The smallest absolute Gasteiger partial charge is 0.120 e. The van der Waals surface area contributed by atoms with E-state index in [4.69, 9.17) is 15.2 Å². The molecule has 0 atom stereocenters. The monoisotopic (exact) mass is 406 g/mol. The van der Waals surface area contributed by atoms with Crippen LogP contribution in [-0.4, -0.2) is 26.3 Å². The summed E-state index contributed by atoms with van der Waals surface area (Å²) in [4.78, 5) is 0. The maximum Gasteiger partial charge on any atom is 0.120 e. The number of ether oxygens (including phenoxy) is 2. The van der Waals surface area contributed by atoms with Crippen LogP contribution in [0, 0.1) is 0 Å². The fourth-order valence-electron chi connectivity index (χ4n) is 1.87. The number of halogens is 1. The molecule has 2 saturated carbocycles. The van der Waals surface area contributed by atoms with Gasteiger partial charge in [0.2, 0.25) is 0 Å². The molecule has 0 aliphatic heterocycles. The van der Waals surface area contributed by atoms with Gasteiger partial charge in [0.15, 0.2) is 0 Å². The van der Waals surface area contributed by atoms with Gasteiger partial charge < -0.3 is 20.5 Å². The quantitative estimate of drug-likeness (QED) is 0.762. The van der Waals surface area contributed by atoms with Crippen LogP contribution in [0.4, 0.5) is 5.69 Å². The molecule has 2 aromatic carbocycles. The van der Waals surface area contributed by atoms with Crippen molar-refractivity contribution in [2.75, 3.05) is 19.5 Å². The van der Waals surface area contributed by atoms with Crippen LogP contribution in [0.15, 0.2) is 53.0 Å². The highest BCUT2D eigenvalue weighted by Crippen LogP contribution is 2.26. The van der Waals surface area contributed by atoms with Crippen molar-refractivity contribution in [2.45, 2.75) is 37.8 Å². The Morgan fingerprint density at radius 2 is 1.48 bits per heavy atom. The summed E-state index contributed by atoms with van der Waals surface area (Å²) in [5.74, 6) is 1.80. The lowest BCUT2D eigenvalue weighted by Crippen LogP contribution is -2.00. The summed E-state index contributed by atoms with van der Waals surface area (Å²) in [5, 5.41) is 3.41. The van der Waals surface area contributed by atoms with Crippen molar-refractivity contribution in [3.63, 3.8) is 0 Å². The number of methoxy groups -OCH3 is 2. The number of hydrogen-bond donors (Lipinski definition) is 2. The van der Waals surface area contributed by atoms with Crippen molar-refractivity contribution in [2.24, 2.45) is 5.73 Å². The molecule has 0 aromatic heterocycles. The van der Waals surface area contributed by atoms with Gasteiger partial charge in [0.05, 0.1) is 14.2 Å². The third kappa shape index (κ3) is 8.79. The van der Waals surface area contributed by atoms with Crippen LogP contribution in [0.25, 0.3) is 0 Å². The lowest BCUT2D eigenvalue weighted by atomic mass is 10.3. The van der Waals surface area contributed by atoms with E-state index in [0.29, 0.717) is 12.1 Å². The van der Waals surface area contributed by atoms with Crippen molar-refractivity contribution in [3.05, 3.63) is 53.0 Å². The largest absolute Gasteiger partial charge is 0.497 e. The molecule has 0 bridgehead atoms. The van der Waals surface area contributed by atoms with Gasteiger partial charge >= 0.3 is 0 Å². The second-order valence-corrected chi connectivity index (χ2v) is 7.07. The zero-order chi connectivity index (χ0) is 18.1. The van der Waals surface area contributed by atoms with E-state index in [2.05, 4.69) is 27.3 Å². The average molecular weight is 407 g/mol. The zero-order valence-electron chi connectivity index (χ0n) is 14.9. The summed E-state index contributed by atoms with van der Waals surface area (Å²) >= 11 is 3.32. The van der Waals surface area contributed by atoms with Crippen LogP contribution in [0.2, 0.25) is 0 Å². The summed E-state index contributed by atoms with van der Waals surface area (Å²) in [7, 11) is 3.35. The second-order valence-electron chi connectivity index (χ2n) is 6.15. The van der Waals surface area contributed by atoms with Crippen LogP contribution in [0.5, 0.6) is 11.5 Å². The molecule has 5 heteroatoms. The molecule has 0 radical (unpaired) electrons. The Labute approximate surface area is 158 Å². The van der Waals surface area contributed by atoms with Gasteiger partial charge in [0, 0.05) is 28.3 Å². The molecule has 2 fully saturated rings. The van der Waals surface area contributed by atoms with E-state index >= 15 is 0 Å². The third-order valence-electron chi connectivity index (χ3n) is 3.67. The third-order valence-corrected chi connectivity index (χ3v) is 4.16. The second kappa shape index (κ2) is 10.3. The topological polar surface area (TPSA) is 56.5 Å². The van der Waals surface area contributed by atoms with Gasteiger partial charge in [-0.1, -0.05) is 28.1 Å². The highest BCUT2D eigenvalue weighted by molar-refractivity contribution is 9.10. The Hall–Kier alpha value is -1.72.